The summed E-state index contributed by atoms with van der Waals surface area (Å²) in [6.45, 7) is 17.3. The molecule has 1 spiro atoms. The summed E-state index contributed by atoms with van der Waals surface area (Å²) in [6, 6.07) is 4.18. The fraction of sp³-hybridized carbons (Fsp3) is 0.786. The van der Waals surface area contributed by atoms with Gasteiger partial charge >= 0.3 is 0 Å². The van der Waals surface area contributed by atoms with E-state index in [2.05, 4.69) is 54.5 Å². The average molecular weight is 447 g/mol. The van der Waals surface area contributed by atoms with Crippen LogP contribution in [0.3, 0.4) is 0 Å². The molecule has 4 nitrogen and oxygen atoms in total. The Labute approximate surface area is 196 Å². The third-order valence-electron chi connectivity index (χ3n) is 9.15. The van der Waals surface area contributed by atoms with Crippen LogP contribution in [-0.4, -0.2) is 36.6 Å². The molecule has 0 radical (unpaired) electrons. The Morgan fingerprint density at radius 1 is 1.19 bits per heavy atom. The Bertz CT molecular complexity index is 817. The van der Waals surface area contributed by atoms with Crippen molar-refractivity contribution in [3.8, 4) is 11.5 Å². The van der Waals surface area contributed by atoms with Crippen molar-refractivity contribution in [1.29, 1.82) is 0 Å². The molecule has 0 saturated heterocycles. The first kappa shape index (κ1) is 25.4. The maximum absolute atomic E-state index is 12.0. The van der Waals surface area contributed by atoms with Crippen LogP contribution in [-0.2, 0) is 10.2 Å². The number of aliphatic hydroxyl groups is 1. The average Bonchev–Trinajstić information content (AvgIpc) is 3.27. The van der Waals surface area contributed by atoms with E-state index in [1.807, 2.05) is 20.1 Å². The van der Waals surface area contributed by atoms with Crippen LogP contribution in [0.5, 0.6) is 11.5 Å². The van der Waals surface area contributed by atoms with Gasteiger partial charge in [-0.2, -0.15) is 0 Å². The Kier molecular flexibility index (Phi) is 6.74. The van der Waals surface area contributed by atoms with E-state index < -0.39 is 11.2 Å². The molecule has 2 aliphatic rings. The van der Waals surface area contributed by atoms with Gasteiger partial charge in [-0.3, -0.25) is 0 Å². The molecule has 0 amide bonds. The lowest BCUT2D eigenvalue weighted by Crippen LogP contribution is -2.65. The summed E-state index contributed by atoms with van der Waals surface area (Å²) >= 11 is 0. The molecule has 32 heavy (non-hydrogen) atoms. The van der Waals surface area contributed by atoms with Crippen molar-refractivity contribution in [3.05, 3.63) is 23.3 Å². The first-order valence-corrected chi connectivity index (χ1v) is 12.5. The largest absolute Gasteiger partial charge is 0.493 e. The fourth-order valence-corrected chi connectivity index (χ4v) is 7.03. The molecule has 1 aromatic carbocycles. The molecule has 1 saturated carbocycles. The van der Waals surface area contributed by atoms with Crippen LogP contribution in [0.4, 0.5) is 0 Å². The van der Waals surface area contributed by atoms with Crippen LogP contribution in [0.1, 0.15) is 91.7 Å². The molecule has 1 aromatic rings. The van der Waals surface area contributed by atoms with Crippen LogP contribution >= 0.6 is 0 Å². The fourth-order valence-electron chi connectivity index (χ4n) is 7.03. The highest BCUT2D eigenvalue weighted by atomic mass is 16.6. The van der Waals surface area contributed by atoms with E-state index in [1.165, 1.54) is 17.5 Å². The molecule has 1 aliphatic carbocycles. The van der Waals surface area contributed by atoms with E-state index in [-0.39, 0.29) is 22.9 Å². The second-order valence-corrected chi connectivity index (χ2v) is 11.7. The molecule has 6 atom stereocenters. The molecule has 1 aliphatic heterocycles. The quantitative estimate of drug-likeness (QED) is 0.523. The van der Waals surface area contributed by atoms with Crippen molar-refractivity contribution in [3.63, 3.8) is 0 Å². The van der Waals surface area contributed by atoms with Gasteiger partial charge in [-0.15, -0.1) is 0 Å². The van der Waals surface area contributed by atoms with E-state index in [1.54, 1.807) is 7.11 Å². The van der Waals surface area contributed by atoms with Crippen molar-refractivity contribution >= 4 is 0 Å². The molecule has 2 unspecified atom stereocenters. The molecule has 1 heterocycles. The lowest BCUT2D eigenvalue weighted by molar-refractivity contribution is -0.216. The van der Waals surface area contributed by atoms with Crippen LogP contribution in [0.2, 0.25) is 0 Å². The SMILES string of the molecule is CC[C@H](C(C)(O)C(C)(C)C)[C@@](CC)(OC)[C@@H]1Oc2c(OC)ccc(C)c2[C@@]12CCC(C)C2. The van der Waals surface area contributed by atoms with Gasteiger partial charge in [-0.05, 0) is 68.9 Å². The van der Waals surface area contributed by atoms with Crippen LogP contribution in [0.15, 0.2) is 12.1 Å². The summed E-state index contributed by atoms with van der Waals surface area (Å²) in [6.07, 6.45) is 4.70. The number of ether oxygens (including phenoxy) is 3. The van der Waals surface area contributed by atoms with Crippen LogP contribution in [0, 0.1) is 24.2 Å². The van der Waals surface area contributed by atoms with Gasteiger partial charge in [0, 0.05) is 24.0 Å². The van der Waals surface area contributed by atoms with E-state index in [4.69, 9.17) is 14.2 Å². The lowest BCUT2D eigenvalue weighted by Gasteiger charge is -2.55. The first-order valence-electron chi connectivity index (χ1n) is 12.5. The zero-order valence-electron chi connectivity index (χ0n) is 22.1. The van der Waals surface area contributed by atoms with Crippen molar-refractivity contribution < 1.29 is 19.3 Å². The monoisotopic (exact) mass is 446 g/mol. The highest BCUT2D eigenvalue weighted by molar-refractivity contribution is 5.59. The van der Waals surface area contributed by atoms with Crippen molar-refractivity contribution in [2.24, 2.45) is 17.3 Å². The van der Waals surface area contributed by atoms with Gasteiger partial charge in [0.1, 0.15) is 11.7 Å². The van der Waals surface area contributed by atoms with E-state index in [0.717, 1.165) is 37.2 Å². The summed E-state index contributed by atoms with van der Waals surface area (Å²) in [4.78, 5) is 0. The second-order valence-electron chi connectivity index (χ2n) is 11.7. The molecule has 182 valence electrons. The van der Waals surface area contributed by atoms with Gasteiger partial charge in [-0.25, -0.2) is 0 Å². The van der Waals surface area contributed by atoms with Gasteiger partial charge in [0.15, 0.2) is 11.5 Å². The van der Waals surface area contributed by atoms with Crippen molar-refractivity contribution in [2.75, 3.05) is 14.2 Å². The highest BCUT2D eigenvalue weighted by Gasteiger charge is 2.65. The van der Waals surface area contributed by atoms with Crippen molar-refractivity contribution in [2.45, 2.75) is 110 Å². The minimum atomic E-state index is -0.934. The Morgan fingerprint density at radius 3 is 2.28 bits per heavy atom. The maximum atomic E-state index is 12.0. The predicted octanol–water partition coefficient (Wildman–Crippen LogP) is 6.44. The molecule has 1 N–H and O–H groups in total. The molecule has 0 bridgehead atoms. The number of rotatable bonds is 7. The summed E-state index contributed by atoms with van der Waals surface area (Å²) < 4.78 is 19.3. The van der Waals surface area contributed by atoms with Crippen LogP contribution in [0.25, 0.3) is 0 Å². The number of hydrogen-bond donors (Lipinski definition) is 1. The zero-order chi connectivity index (χ0) is 24.1. The minimum Gasteiger partial charge on any atom is -0.493 e. The van der Waals surface area contributed by atoms with Gasteiger partial charge in [-0.1, -0.05) is 47.6 Å². The Balaban J connectivity index is 2.27. The van der Waals surface area contributed by atoms with E-state index in [9.17, 15) is 5.11 Å². The standard InChI is InChI=1S/C28H46O4/c1-11-21(26(8,29)25(5,6)7)28(12-2,31-10)24-27(16-15-18(3)17-27)22-19(4)13-14-20(30-9)23(22)32-24/h13-14,18,21,24,29H,11-12,15-17H2,1-10H3/t18?,21-,24-,26?,27+,28-/m1/s1. The van der Waals surface area contributed by atoms with Gasteiger partial charge < -0.3 is 19.3 Å². The molecular weight excluding hydrogens is 400 g/mol. The highest BCUT2D eigenvalue weighted by Crippen LogP contribution is 2.62. The topological polar surface area (TPSA) is 47.9 Å². The third-order valence-corrected chi connectivity index (χ3v) is 9.15. The minimum absolute atomic E-state index is 0.0941. The summed E-state index contributed by atoms with van der Waals surface area (Å²) in [5.74, 6) is 2.20. The number of aryl methyl sites for hydroxylation is 1. The number of fused-ring (bicyclic) bond motifs is 2. The van der Waals surface area contributed by atoms with E-state index in [0.29, 0.717) is 5.92 Å². The molecule has 4 heteroatoms. The summed E-state index contributed by atoms with van der Waals surface area (Å²) in [7, 11) is 3.53. The Hall–Kier alpha value is -1.26. The number of hydrogen-bond acceptors (Lipinski definition) is 4. The van der Waals surface area contributed by atoms with Gasteiger partial charge in [0.05, 0.1) is 12.7 Å². The molecule has 1 fully saturated rings. The maximum Gasteiger partial charge on any atom is 0.165 e. The van der Waals surface area contributed by atoms with Gasteiger partial charge in [0.25, 0.3) is 0 Å². The smallest absolute Gasteiger partial charge is 0.165 e. The number of benzene rings is 1. The normalized spacial score (nSPS) is 29.8. The molecular formula is C28H46O4. The van der Waals surface area contributed by atoms with Crippen molar-refractivity contribution in [1.82, 2.24) is 0 Å². The summed E-state index contributed by atoms with van der Waals surface area (Å²) in [5, 5.41) is 12.0. The van der Waals surface area contributed by atoms with E-state index >= 15 is 0 Å². The zero-order valence-corrected chi connectivity index (χ0v) is 22.1. The first-order chi connectivity index (χ1) is 14.9. The predicted molar refractivity (Wildman–Crippen MR) is 131 cm³/mol. The Morgan fingerprint density at radius 2 is 1.84 bits per heavy atom. The second kappa shape index (κ2) is 8.51. The van der Waals surface area contributed by atoms with Gasteiger partial charge in [0.2, 0.25) is 0 Å². The third kappa shape index (κ3) is 3.48. The molecule has 0 aromatic heterocycles. The molecule has 3 rings (SSSR count). The summed E-state index contributed by atoms with van der Waals surface area (Å²) in [5.41, 5.74) is 0.547. The lowest BCUT2D eigenvalue weighted by atomic mass is 9.57. The number of methoxy groups -OCH3 is 2. The van der Waals surface area contributed by atoms with Crippen LogP contribution < -0.4 is 9.47 Å².